The van der Waals surface area contributed by atoms with Crippen LogP contribution in [0.2, 0.25) is 0 Å². The SMILES string of the molecule is CN=C(NCCc1c(C)nn(C)c1C)NCCN(C)CCCOC. The fraction of sp³-hybridized carbons (Fsp3) is 0.765. The molecule has 0 aliphatic heterocycles. The first kappa shape index (κ1) is 20.4. The fourth-order valence-corrected chi connectivity index (χ4v) is 2.66. The van der Waals surface area contributed by atoms with E-state index in [4.69, 9.17) is 4.74 Å². The van der Waals surface area contributed by atoms with Gasteiger partial charge >= 0.3 is 0 Å². The molecule has 2 N–H and O–H groups in total. The molecule has 0 saturated carbocycles. The normalized spacial score (nSPS) is 12.0. The number of hydrogen-bond donors (Lipinski definition) is 2. The number of rotatable bonds is 10. The Labute approximate surface area is 146 Å². The van der Waals surface area contributed by atoms with Gasteiger partial charge in [0.05, 0.1) is 5.69 Å². The molecule has 0 aliphatic carbocycles. The molecule has 7 nitrogen and oxygen atoms in total. The van der Waals surface area contributed by atoms with E-state index in [0.29, 0.717) is 0 Å². The zero-order valence-corrected chi connectivity index (χ0v) is 16.1. The Bertz CT molecular complexity index is 511. The largest absolute Gasteiger partial charge is 0.385 e. The van der Waals surface area contributed by atoms with Crippen LogP contribution in [0.5, 0.6) is 0 Å². The molecule has 0 unspecified atom stereocenters. The van der Waals surface area contributed by atoms with Crippen LogP contribution in [0.25, 0.3) is 0 Å². The summed E-state index contributed by atoms with van der Waals surface area (Å²) in [5, 5.41) is 11.2. The van der Waals surface area contributed by atoms with E-state index in [0.717, 1.165) is 57.3 Å². The molecule has 1 rings (SSSR count). The van der Waals surface area contributed by atoms with Crippen LogP contribution in [0.3, 0.4) is 0 Å². The molecule has 0 aliphatic rings. The lowest BCUT2D eigenvalue weighted by Crippen LogP contribution is -2.41. The zero-order valence-electron chi connectivity index (χ0n) is 16.1. The molecule has 0 bridgehead atoms. The minimum absolute atomic E-state index is 0.814. The maximum Gasteiger partial charge on any atom is 0.191 e. The van der Waals surface area contributed by atoms with E-state index in [2.05, 4.69) is 46.5 Å². The fourth-order valence-electron chi connectivity index (χ4n) is 2.66. The highest BCUT2D eigenvalue weighted by atomic mass is 16.5. The monoisotopic (exact) mass is 338 g/mol. The number of methoxy groups -OCH3 is 1. The van der Waals surface area contributed by atoms with Crippen molar-refractivity contribution in [3.63, 3.8) is 0 Å². The zero-order chi connectivity index (χ0) is 17.9. The molecule has 1 heterocycles. The Balaban J connectivity index is 2.25. The van der Waals surface area contributed by atoms with Crippen LogP contribution >= 0.6 is 0 Å². The number of aromatic nitrogens is 2. The Hall–Kier alpha value is -1.60. The summed E-state index contributed by atoms with van der Waals surface area (Å²) in [6, 6.07) is 0. The van der Waals surface area contributed by atoms with Crippen molar-refractivity contribution in [1.29, 1.82) is 0 Å². The lowest BCUT2D eigenvalue weighted by atomic mass is 10.1. The number of ether oxygens (including phenoxy) is 1. The summed E-state index contributed by atoms with van der Waals surface area (Å²) in [7, 11) is 7.66. The number of nitrogens with zero attached hydrogens (tertiary/aromatic N) is 4. The highest BCUT2D eigenvalue weighted by molar-refractivity contribution is 5.79. The molecule has 0 spiro atoms. The Morgan fingerprint density at radius 1 is 1.25 bits per heavy atom. The van der Waals surface area contributed by atoms with Crippen molar-refractivity contribution in [2.45, 2.75) is 26.7 Å². The lowest BCUT2D eigenvalue weighted by molar-refractivity contribution is 0.180. The molecule has 24 heavy (non-hydrogen) atoms. The molecule has 1 aromatic rings. The summed E-state index contributed by atoms with van der Waals surface area (Å²) in [5.41, 5.74) is 3.66. The number of hydrogen-bond acceptors (Lipinski definition) is 4. The second-order valence-electron chi connectivity index (χ2n) is 6.10. The van der Waals surface area contributed by atoms with Gasteiger partial charge in [0.1, 0.15) is 0 Å². The number of aliphatic imine (C=N–C) groups is 1. The first-order valence-corrected chi connectivity index (χ1v) is 8.60. The van der Waals surface area contributed by atoms with Crippen LogP contribution in [0, 0.1) is 13.8 Å². The summed E-state index contributed by atoms with van der Waals surface area (Å²) in [4.78, 5) is 6.57. The molecule has 0 aromatic carbocycles. The number of nitrogens with one attached hydrogen (secondary N) is 2. The van der Waals surface area contributed by atoms with Gasteiger partial charge in [0, 0.05) is 59.7 Å². The molecule has 0 fully saturated rings. The number of likely N-dealkylation sites (N-methyl/N-ethyl adjacent to an activating group) is 1. The van der Waals surface area contributed by atoms with Gasteiger partial charge in [-0.05, 0) is 39.3 Å². The van der Waals surface area contributed by atoms with Gasteiger partial charge < -0.3 is 20.3 Å². The minimum Gasteiger partial charge on any atom is -0.385 e. The van der Waals surface area contributed by atoms with Crippen molar-refractivity contribution in [1.82, 2.24) is 25.3 Å². The Kier molecular flexibility index (Phi) is 9.41. The van der Waals surface area contributed by atoms with Gasteiger partial charge in [0.25, 0.3) is 0 Å². The average Bonchev–Trinajstić information content (AvgIpc) is 2.79. The molecular weight excluding hydrogens is 304 g/mol. The van der Waals surface area contributed by atoms with Crippen LogP contribution in [0.1, 0.15) is 23.4 Å². The summed E-state index contributed by atoms with van der Waals surface area (Å²) < 4.78 is 7.02. The van der Waals surface area contributed by atoms with E-state index in [1.165, 1.54) is 11.3 Å². The van der Waals surface area contributed by atoms with Crippen molar-refractivity contribution in [3.8, 4) is 0 Å². The first-order valence-electron chi connectivity index (χ1n) is 8.60. The van der Waals surface area contributed by atoms with Gasteiger partial charge in [-0.1, -0.05) is 0 Å². The van der Waals surface area contributed by atoms with Crippen LogP contribution in [0.15, 0.2) is 4.99 Å². The average molecular weight is 339 g/mol. The Morgan fingerprint density at radius 2 is 1.96 bits per heavy atom. The summed E-state index contributed by atoms with van der Waals surface area (Å²) in [6.07, 6.45) is 2.01. The van der Waals surface area contributed by atoms with Crippen molar-refractivity contribution >= 4 is 5.96 Å². The van der Waals surface area contributed by atoms with Gasteiger partial charge in [0.2, 0.25) is 0 Å². The molecule has 0 saturated heterocycles. The Morgan fingerprint density at radius 3 is 2.54 bits per heavy atom. The topological polar surface area (TPSA) is 66.7 Å². The minimum atomic E-state index is 0.814. The summed E-state index contributed by atoms with van der Waals surface area (Å²) >= 11 is 0. The van der Waals surface area contributed by atoms with Crippen LogP contribution in [0.4, 0.5) is 0 Å². The van der Waals surface area contributed by atoms with Crippen LogP contribution in [-0.2, 0) is 18.2 Å². The number of guanidine groups is 1. The molecule has 7 heteroatoms. The third-order valence-electron chi connectivity index (χ3n) is 4.22. The van der Waals surface area contributed by atoms with Crippen molar-refractivity contribution < 1.29 is 4.74 Å². The molecule has 0 radical (unpaired) electrons. The quantitative estimate of drug-likeness (QED) is 0.374. The third-order valence-corrected chi connectivity index (χ3v) is 4.22. The molecular formula is C17H34N6O. The maximum absolute atomic E-state index is 5.07. The van der Waals surface area contributed by atoms with Crippen molar-refractivity contribution in [2.24, 2.45) is 12.0 Å². The predicted molar refractivity (Wildman–Crippen MR) is 99.7 cm³/mol. The standard InChI is InChI=1S/C17H34N6O/c1-14-16(15(2)23(5)21-14)8-9-19-17(18-3)20-10-12-22(4)11-7-13-24-6/h7-13H2,1-6H3,(H2,18,19,20). The molecule has 138 valence electrons. The second kappa shape index (κ2) is 11.0. The first-order chi connectivity index (χ1) is 11.5. The second-order valence-corrected chi connectivity index (χ2v) is 6.10. The van der Waals surface area contributed by atoms with Gasteiger partial charge in [0.15, 0.2) is 5.96 Å². The molecule has 1 aromatic heterocycles. The van der Waals surface area contributed by atoms with Gasteiger partial charge in [-0.3, -0.25) is 9.67 Å². The highest BCUT2D eigenvalue weighted by Crippen LogP contribution is 2.11. The van der Waals surface area contributed by atoms with Gasteiger partial charge in [-0.15, -0.1) is 0 Å². The molecule has 0 atom stereocenters. The summed E-state index contributed by atoms with van der Waals surface area (Å²) in [6.45, 7) is 8.72. The van der Waals surface area contributed by atoms with E-state index in [1.807, 2.05) is 11.7 Å². The number of aryl methyl sites for hydroxylation is 2. The summed E-state index contributed by atoms with van der Waals surface area (Å²) in [5.74, 6) is 0.847. The maximum atomic E-state index is 5.07. The predicted octanol–water partition coefficient (Wildman–Crippen LogP) is 0.713. The van der Waals surface area contributed by atoms with Gasteiger partial charge in [-0.25, -0.2) is 0 Å². The lowest BCUT2D eigenvalue weighted by Gasteiger charge is -2.18. The van der Waals surface area contributed by atoms with Gasteiger partial charge in [-0.2, -0.15) is 5.10 Å². The van der Waals surface area contributed by atoms with Crippen molar-refractivity contribution in [2.75, 3.05) is 54.0 Å². The van der Waals surface area contributed by atoms with Crippen molar-refractivity contribution in [3.05, 3.63) is 17.0 Å². The highest BCUT2D eigenvalue weighted by Gasteiger charge is 2.09. The smallest absolute Gasteiger partial charge is 0.191 e. The van der Waals surface area contributed by atoms with E-state index in [-0.39, 0.29) is 0 Å². The molecule has 0 amide bonds. The van der Waals surface area contributed by atoms with E-state index >= 15 is 0 Å². The van der Waals surface area contributed by atoms with E-state index in [1.54, 1.807) is 14.2 Å². The third kappa shape index (κ3) is 6.88. The van der Waals surface area contributed by atoms with E-state index in [9.17, 15) is 0 Å². The van der Waals surface area contributed by atoms with Crippen LogP contribution < -0.4 is 10.6 Å². The van der Waals surface area contributed by atoms with Crippen LogP contribution in [-0.4, -0.2) is 74.6 Å². The van der Waals surface area contributed by atoms with E-state index < -0.39 is 0 Å².